The average Bonchev–Trinajstić information content (AvgIpc) is 2.76. The molecule has 0 unspecified atom stereocenters. The molecule has 2 aromatic carbocycles. The molecule has 2 aromatic rings. The number of halogens is 2. The summed E-state index contributed by atoms with van der Waals surface area (Å²) < 4.78 is 31.8. The lowest BCUT2D eigenvalue weighted by Gasteiger charge is -2.26. The minimum atomic E-state index is -0.271. The van der Waals surface area contributed by atoms with E-state index in [1.807, 2.05) is 19.1 Å². The fraction of sp³-hybridized carbons (Fsp3) is 0.478. The van der Waals surface area contributed by atoms with Gasteiger partial charge in [0.15, 0.2) is 11.5 Å². The Morgan fingerprint density at radius 3 is 2.63 bits per heavy atom. The van der Waals surface area contributed by atoms with Crippen molar-refractivity contribution in [2.75, 3.05) is 46.0 Å². The van der Waals surface area contributed by atoms with Gasteiger partial charge in [-0.2, -0.15) is 0 Å². The fourth-order valence-electron chi connectivity index (χ4n) is 3.34. The molecule has 1 aliphatic rings. The molecule has 1 N–H and O–H groups in total. The van der Waals surface area contributed by atoms with E-state index in [9.17, 15) is 4.39 Å². The number of nitrogens with zero attached hydrogens (tertiary/aromatic N) is 1. The topological polar surface area (TPSA) is 43.0 Å². The Kier molecular flexibility index (Phi) is 9.39. The minimum absolute atomic E-state index is 0.151. The summed E-state index contributed by atoms with van der Waals surface area (Å²) in [4.78, 5) is 2.44. The first-order valence-corrected chi connectivity index (χ1v) is 11.3. The summed E-state index contributed by atoms with van der Waals surface area (Å²) in [6.45, 7) is 9.11. The molecule has 5 nitrogen and oxygen atoms in total. The standard InChI is InChI=1S/C23H30BrFN2O3/c1-2-29-22-14-19(16-26-8-5-9-27-10-12-28-13-11-27)20(24)15-23(22)30-17-18-6-3-4-7-21(18)25/h3-4,6-7,14-15,26H,2,5,8-13,16-17H2,1H3. The lowest BCUT2D eigenvalue weighted by atomic mass is 10.2. The molecule has 164 valence electrons. The second-order valence-electron chi connectivity index (χ2n) is 7.19. The third-order valence-electron chi connectivity index (χ3n) is 5.00. The molecule has 0 bridgehead atoms. The summed E-state index contributed by atoms with van der Waals surface area (Å²) in [7, 11) is 0. The van der Waals surface area contributed by atoms with Crippen LogP contribution in [0.5, 0.6) is 11.5 Å². The number of hydrogen-bond acceptors (Lipinski definition) is 5. The van der Waals surface area contributed by atoms with Gasteiger partial charge in [0.2, 0.25) is 0 Å². The predicted octanol–water partition coefficient (Wildman–Crippen LogP) is 4.38. The normalized spacial score (nSPS) is 14.6. The molecule has 30 heavy (non-hydrogen) atoms. The van der Waals surface area contributed by atoms with Gasteiger partial charge >= 0.3 is 0 Å². The van der Waals surface area contributed by atoms with Crippen molar-refractivity contribution >= 4 is 15.9 Å². The lowest BCUT2D eigenvalue weighted by Crippen LogP contribution is -2.37. The monoisotopic (exact) mass is 480 g/mol. The zero-order valence-corrected chi connectivity index (χ0v) is 19.0. The Hall–Kier alpha value is -1.67. The molecular weight excluding hydrogens is 451 g/mol. The van der Waals surface area contributed by atoms with Gasteiger partial charge in [0, 0.05) is 29.7 Å². The van der Waals surface area contributed by atoms with E-state index in [4.69, 9.17) is 14.2 Å². The molecule has 1 fully saturated rings. The van der Waals surface area contributed by atoms with Crippen LogP contribution in [0.3, 0.4) is 0 Å². The zero-order valence-electron chi connectivity index (χ0n) is 17.5. The Morgan fingerprint density at radius 1 is 1.10 bits per heavy atom. The third kappa shape index (κ3) is 6.94. The van der Waals surface area contributed by atoms with Crippen LogP contribution in [0, 0.1) is 5.82 Å². The molecule has 0 amide bonds. The summed E-state index contributed by atoms with van der Waals surface area (Å²) >= 11 is 3.63. The van der Waals surface area contributed by atoms with E-state index < -0.39 is 0 Å². The molecule has 1 heterocycles. The molecule has 0 aliphatic carbocycles. The molecule has 0 saturated carbocycles. The van der Waals surface area contributed by atoms with Crippen LogP contribution in [0.2, 0.25) is 0 Å². The molecular formula is C23H30BrFN2O3. The van der Waals surface area contributed by atoms with E-state index in [1.165, 1.54) is 6.07 Å². The van der Waals surface area contributed by atoms with E-state index in [0.717, 1.165) is 62.4 Å². The van der Waals surface area contributed by atoms with E-state index in [0.29, 0.717) is 23.7 Å². The maximum atomic E-state index is 13.9. The third-order valence-corrected chi connectivity index (χ3v) is 5.74. The van der Waals surface area contributed by atoms with Crippen molar-refractivity contribution < 1.29 is 18.6 Å². The average molecular weight is 481 g/mol. The van der Waals surface area contributed by atoms with Gasteiger partial charge in [-0.15, -0.1) is 0 Å². The zero-order chi connectivity index (χ0) is 21.2. The first-order valence-electron chi connectivity index (χ1n) is 10.5. The number of benzene rings is 2. The van der Waals surface area contributed by atoms with E-state index in [1.54, 1.807) is 18.2 Å². The highest BCUT2D eigenvalue weighted by Gasteiger charge is 2.13. The van der Waals surface area contributed by atoms with Crippen molar-refractivity contribution in [3.05, 3.63) is 57.8 Å². The van der Waals surface area contributed by atoms with Crippen LogP contribution < -0.4 is 14.8 Å². The van der Waals surface area contributed by atoms with Crippen LogP contribution in [0.15, 0.2) is 40.9 Å². The highest BCUT2D eigenvalue weighted by Crippen LogP contribution is 2.34. The predicted molar refractivity (Wildman–Crippen MR) is 120 cm³/mol. The Labute approximate surface area is 186 Å². The molecule has 0 spiro atoms. The summed E-state index contributed by atoms with van der Waals surface area (Å²) in [6.07, 6.45) is 1.10. The van der Waals surface area contributed by atoms with Gasteiger partial charge in [0.1, 0.15) is 12.4 Å². The Morgan fingerprint density at radius 2 is 1.87 bits per heavy atom. The van der Waals surface area contributed by atoms with Crippen molar-refractivity contribution in [3.8, 4) is 11.5 Å². The molecule has 0 radical (unpaired) electrons. The maximum Gasteiger partial charge on any atom is 0.162 e. The first kappa shape index (κ1) is 23.0. The number of hydrogen-bond donors (Lipinski definition) is 1. The van der Waals surface area contributed by atoms with Crippen LogP contribution in [0.25, 0.3) is 0 Å². The molecule has 1 saturated heterocycles. The Balaban J connectivity index is 1.53. The van der Waals surface area contributed by atoms with Gasteiger partial charge in [0.25, 0.3) is 0 Å². The number of rotatable bonds is 11. The summed E-state index contributed by atoms with van der Waals surface area (Å²) in [5.41, 5.74) is 1.62. The smallest absolute Gasteiger partial charge is 0.162 e. The van der Waals surface area contributed by atoms with Crippen molar-refractivity contribution in [3.63, 3.8) is 0 Å². The van der Waals surface area contributed by atoms with Gasteiger partial charge in [-0.25, -0.2) is 4.39 Å². The van der Waals surface area contributed by atoms with Gasteiger partial charge < -0.3 is 19.5 Å². The van der Waals surface area contributed by atoms with E-state index in [2.05, 4.69) is 26.1 Å². The van der Waals surface area contributed by atoms with Gasteiger partial charge in [-0.3, -0.25) is 4.90 Å². The molecule has 0 atom stereocenters. The molecule has 7 heteroatoms. The highest BCUT2D eigenvalue weighted by atomic mass is 79.9. The first-order chi connectivity index (χ1) is 14.7. The van der Waals surface area contributed by atoms with Crippen molar-refractivity contribution in [2.45, 2.75) is 26.5 Å². The second-order valence-corrected chi connectivity index (χ2v) is 8.04. The SMILES string of the molecule is CCOc1cc(CNCCCN2CCOCC2)c(Br)cc1OCc1ccccc1F. The van der Waals surface area contributed by atoms with Gasteiger partial charge in [-0.05, 0) is 50.2 Å². The molecule has 3 rings (SSSR count). The van der Waals surface area contributed by atoms with Crippen molar-refractivity contribution in [1.29, 1.82) is 0 Å². The summed E-state index contributed by atoms with van der Waals surface area (Å²) in [5.74, 6) is 0.998. The Bertz CT molecular complexity index is 800. The van der Waals surface area contributed by atoms with E-state index in [-0.39, 0.29) is 12.4 Å². The quantitative estimate of drug-likeness (QED) is 0.483. The highest BCUT2D eigenvalue weighted by molar-refractivity contribution is 9.10. The van der Waals surface area contributed by atoms with Crippen LogP contribution >= 0.6 is 15.9 Å². The number of ether oxygens (including phenoxy) is 3. The van der Waals surface area contributed by atoms with E-state index >= 15 is 0 Å². The van der Waals surface area contributed by atoms with Crippen LogP contribution in [0.4, 0.5) is 4.39 Å². The lowest BCUT2D eigenvalue weighted by molar-refractivity contribution is 0.0374. The van der Waals surface area contributed by atoms with Crippen LogP contribution in [-0.4, -0.2) is 50.9 Å². The van der Waals surface area contributed by atoms with Crippen LogP contribution in [-0.2, 0) is 17.9 Å². The van der Waals surface area contributed by atoms with Crippen LogP contribution in [0.1, 0.15) is 24.5 Å². The van der Waals surface area contributed by atoms with Gasteiger partial charge in [-0.1, -0.05) is 34.1 Å². The fourth-order valence-corrected chi connectivity index (χ4v) is 3.80. The summed E-state index contributed by atoms with van der Waals surface area (Å²) in [6, 6.07) is 10.5. The minimum Gasteiger partial charge on any atom is -0.490 e. The van der Waals surface area contributed by atoms with Crippen molar-refractivity contribution in [1.82, 2.24) is 10.2 Å². The molecule has 1 aliphatic heterocycles. The molecule has 0 aromatic heterocycles. The largest absolute Gasteiger partial charge is 0.490 e. The van der Waals surface area contributed by atoms with Crippen molar-refractivity contribution in [2.24, 2.45) is 0 Å². The number of nitrogens with one attached hydrogen (secondary N) is 1. The number of morpholine rings is 1. The summed E-state index contributed by atoms with van der Waals surface area (Å²) in [5, 5.41) is 3.50. The maximum absolute atomic E-state index is 13.9. The van der Waals surface area contributed by atoms with Gasteiger partial charge in [0.05, 0.1) is 19.8 Å². The second kappa shape index (κ2) is 12.2.